The summed E-state index contributed by atoms with van der Waals surface area (Å²) in [6.45, 7) is 3.31. The first kappa shape index (κ1) is 11.9. The first-order valence-corrected chi connectivity index (χ1v) is 5.30. The lowest BCUT2D eigenvalue weighted by Crippen LogP contribution is -2.54. The quantitative estimate of drug-likeness (QED) is 0.382. The molecule has 0 amide bonds. The Bertz CT molecular complexity index is 398. The third-order valence-electron chi connectivity index (χ3n) is 4.11. The third kappa shape index (κ3) is 0.947. The molecule has 1 saturated heterocycles. The van der Waals surface area contributed by atoms with Crippen LogP contribution in [0.2, 0.25) is 0 Å². The summed E-state index contributed by atoms with van der Waals surface area (Å²) in [5.74, 6) is -2.77. The van der Waals surface area contributed by atoms with E-state index in [1.54, 1.807) is 13.8 Å². The van der Waals surface area contributed by atoms with E-state index in [0.717, 1.165) is 0 Å². The second-order valence-corrected chi connectivity index (χ2v) is 4.45. The van der Waals surface area contributed by atoms with Crippen LogP contribution in [-0.4, -0.2) is 37.7 Å². The molecule has 0 N–H and O–H groups in total. The minimum Gasteiger partial charge on any atom is -0.468 e. The summed E-state index contributed by atoms with van der Waals surface area (Å²) in [7, 11) is 2.38. The Kier molecular flexibility index (Phi) is 2.24. The molecule has 0 aromatic heterocycles. The Morgan fingerprint density at radius 2 is 1.65 bits per heavy atom. The minimum atomic E-state index is -1.50. The number of ether oxygens (including phenoxy) is 3. The smallest absolute Gasteiger partial charge is 0.327 e. The molecule has 0 bridgehead atoms. The van der Waals surface area contributed by atoms with Gasteiger partial charge in [0.2, 0.25) is 5.41 Å². The summed E-state index contributed by atoms with van der Waals surface area (Å²) < 4.78 is 14.4. The second-order valence-electron chi connectivity index (χ2n) is 4.45. The molecule has 1 heterocycles. The summed E-state index contributed by atoms with van der Waals surface area (Å²) in [4.78, 5) is 34.9. The van der Waals surface area contributed by atoms with E-state index >= 15 is 0 Å². The Labute approximate surface area is 98.2 Å². The van der Waals surface area contributed by atoms with Crippen LogP contribution in [0.15, 0.2) is 0 Å². The Hall–Kier alpha value is -1.59. The molecular formula is C11H14O6. The van der Waals surface area contributed by atoms with Gasteiger partial charge in [-0.25, -0.2) is 0 Å². The predicted octanol–water partition coefficient (Wildman–Crippen LogP) is -0.0998. The summed E-state index contributed by atoms with van der Waals surface area (Å²) in [5, 5.41) is 0. The van der Waals surface area contributed by atoms with Crippen LogP contribution >= 0.6 is 0 Å². The minimum absolute atomic E-state index is 0.411. The highest BCUT2D eigenvalue weighted by atomic mass is 16.6. The van der Waals surface area contributed by atoms with E-state index in [-0.39, 0.29) is 0 Å². The fraction of sp³-hybridized carbons (Fsp3) is 0.727. The second kappa shape index (κ2) is 3.21. The summed E-state index contributed by atoms with van der Waals surface area (Å²) >= 11 is 0. The highest BCUT2D eigenvalue weighted by molar-refractivity contribution is 6.09. The van der Waals surface area contributed by atoms with Gasteiger partial charge in [-0.1, -0.05) is 6.92 Å². The average Bonchev–Trinajstić information content (AvgIpc) is 2.91. The zero-order chi connectivity index (χ0) is 13.0. The van der Waals surface area contributed by atoms with Crippen LogP contribution < -0.4 is 0 Å². The monoisotopic (exact) mass is 242 g/mol. The van der Waals surface area contributed by atoms with Gasteiger partial charge >= 0.3 is 17.9 Å². The first-order valence-electron chi connectivity index (χ1n) is 5.30. The van der Waals surface area contributed by atoms with Gasteiger partial charge in [0, 0.05) is 5.92 Å². The van der Waals surface area contributed by atoms with Crippen LogP contribution in [0, 0.1) is 17.3 Å². The first-order chi connectivity index (χ1) is 7.91. The van der Waals surface area contributed by atoms with Crippen molar-refractivity contribution in [1.29, 1.82) is 0 Å². The molecule has 2 fully saturated rings. The van der Waals surface area contributed by atoms with E-state index in [9.17, 15) is 14.4 Å². The maximum Gasteiger partial charge on any atom is 0.327 e. The molecule has 1 saturated carbocycles. The van der Waals surface area contributed by atoms with E-state index in [1.165, 1.54) is 14.2 Å². The van der Waals surface area contributed by atoms with Crippen molar-refractivity contribution in [3.05, 3.63) is 0 Å². The molecule has 0 unspecified atom stereocenters. The number of hydrogen-bond donors (Lipinski definition) is 0. The lowest BCUT2D eigenvalue weighted by molar-refractivity contribution is -0.201. The highest BCUT2D eigenvalue weighted by Crippen LogP contribution is 2.72. The number of methoxy groups -OCH3 is 2. The van der Waals surface area contributed by atoms with Crippen molar-refractivity contribution in [2.45, 2.75) is 19.4 Å². The Morgan fingerprint density at radius 3 is 1.94 bits per heavy atom. The third-order valence-corrected chi connectivity index (χ3v) is 4.11. The SMILES string of the molecule is COC(=O)C1(C(=O)OC)[C@H](C)[C@@]12OC(=O)[C@H]2C. The standard InChI is InChI=1S/C11H14O6/c1-5-7(12)17-11(5)6(2)10(11,8(13)15-3)9(14)16-4/h5-6H,1-4H3/t5-,6+,11-/m1/s1. The van der Waals surface area contributed by atoms with Crippen LogP contribution in [0.4, 0.5) is 0 Å². The highest BCUT2D eigenvalue weighted by Gasteiger charge is 2.93. The van der Waals surface area contributed by atoms with Gasteiger partial charge in [-0.15, -0.1) is 0 Å². The molecule has 0 aromatic rings. The van der Waals surface area contributed by atoms with Gasteiger partial charge in [-0.3, -0.25) is 14.4 Å². The molecule has 2 aliphatic rings. The topological polar surface area (TPSA) is 78.9 Å². The molecule has 0 aromatic carbocycles. The molecule has 0 radical (unpaired) electrons. The zero-order valence-corrected chi connectivity index (χ0v) is 10.1. The van der Waals surface area contributed by atoms with Crippen molar-refractivity contribution < 1.29 is 28.6 Å². The van der Waals surface area contributed by atoms with Crippen molar-refractivity contribution in [2.24, 2.45) is 17.3 Å². The molecule has 1 aliphatic carbocycles. The molecule has 3 atom stereocenters. The molecular weight excluding hydrogens is 228 g/mol. The lowest BCUT2D eigenvalue weighted by Gasteiger charge is -2.36. The van der Waals surface area contributed by atoms with Gasteiger partial charge in [-0.05, 0) is 6.92 Å². The van der Waals surface area contributed by atoms with E-state index in [1.807, 2.05) is 0 Å². The van der Waals surface area contributed by atoms with Crippen molar-refractivity contribution in [1.82, 2.24) is 0 Å². The van der Waals surface area contributed by atoms with Crippen molar-refractivity contribution in [3.8, 4) is 0 Å². The molecule has 94 valence electrons. The van der Waals surface area contributed by atoms with Crippen LogP contribution in [0.1, 0.15) is 13.8 Å². The molecule has 1 aliphatic heterocycles. The van der Waals surface area contributed by atoms with Gasteiger partial charge in [0.05, 0.1) is 20.1 Å². The van der Waals surface area contributed by atoms with Crippen molar-refractivity contribution in [3.63, 3.8) is 0 Å². The maximum atomic E-state index is 11.9. The van der Waals surface area contributed by atoms with Crippen LogP contribution in [0.3, 0.4) is 0 Å². The van der Waals surface area contributed by atoms with E-state index in [0.29, 0.717) is 0 Å². The summed E-state index contributed by atoms with van der Waals surface area (Å²) in [6.07, 6.45) is 0. The summed E-state index contributed by atoms with van der Waals surface area (Å²) in [5.41, 5.74) is -2.58. The van der Waals surface area contributed by atoms with Gasteiger partial charge in [0.25, 0.3) is 0 Å². The van der Waals surface area contributed by atoms with Gasteiger partial charge < -0.3 is 14.2 Å². The van der Waals surface area contributed by atoms with E-state index in [2.05, 4.69) is 9.47 Å². The summed E-state index contributed by atoms with van der Waals surface area (Å²) in [6, 6.07) is 0. The fourth-order valence-corrected chi connectivity index (χ4v) is 3.08. The maximum absolute atomic E-state index is 11.9. The normalized spacial score (nSPS) is 36.8. The zero-order valence-electron chi connectivity index (χ0n) is 10.1. The lowest BCUT2D eigenvalue weighted by atomic mass is 9.87. The number of rotatable bonds is 2. The van der Waals surface area contributed by atoms with Crippen molar-refractivity contribution in [2.75, 3.05) is 14.2 Å². The van der Waals surface area contributed by atoms with Crippen LogP contribution in [0.25, 0.3) is 0 Å². The molecule has 1 spiro atoms. The average molecular weight is 242 g/mol. The Morgan fingerprint density at radius 1 is 1.18 bits per heavy atom. The van der Waals surface area contributed by atoms with E-state index in [4.69, 9.17) is 4.74 Å². The van der Waals surface area contributed by atoms with E-state index < -0.39 is 40.8 Å². The molecule has 2 rings (SSSR count). The molecule has 6 nitrogen and oxygen atoms in total. The largest absolute Gasteiger partial charge is 0.468 e. The Balaban J connectivity index is 2.43. The number of carbonyl (C=O) groups is 3. The predicted molar refractivity (Wildman–Crippen MR) is 53.6 cm³/mol. The van der Waals surface area contributed by atoms with Crippen molar-refractivity contribution >= 4 is 17.9 Å². The van der Waals surface area contributed by atoms with Gasteiger partial charge in [-0.2, -0.15) is 0 Å². The number of carbonyl (C=O) groups excluding carboxylic acids is 3. The molecule has 6 heteroatoms. The van der Waals surface area contributed by atoms with Gasteiger partial charge in [0.15, 0.2) is 5.60 Å². The van der Waals surface area contributed by atoms with Crippen LogP contribution in [-0.2, 0) is 28.6 Å². The number of esters is 3. The molecule has 17 heavy (non-hydrogen) atoms. The van der Waals surface area contributed by atoms with Crippen LogP contribution in [0.5, 0.6) is 0 Å². The fourth-order valence-electron chi connectivity index (χ4n) is 3.08. The number of hydrogen-bond acceptors (Lipinski definition) is 6. The van der Waals surface area contributed by atoms with Gasteiger partial charge in [0.1, 0.15) is 0 Å².